The normalized spacial score (nSPS) is 19.8. The van der Waals surface area contributed by atoms with Crippen molar-refractivity contribution in [1.82, 2.24) is 14.9 Å². The molecule has 0 spiro atoms. The number of aryl methyl sites for hydroxylation is 1. The summed E-state index contributed by atoms with van der Waals surface area (Å²) in [5.41, 5.74) is 1.19. The fourth-order valence-electron chi connectivity index (χ4n) is 3.26. The minimum Gasteiger partial charge on any atom is -0.467 e. The summed E-state index contributed by atoms with van der Waals surface area (Å²) in [4.78, 5) is 23.0. The number of furan rings is 1. The maximum Gasteiger partial charge on any atom is 0.272 e. The van der Waals surface area contributed by atoms with E-state index in [1.807, 2.05) is 11.8 Å². The Morgan fingerprint density at radius 2 is 2.29 bits per heavy atom. The molecule has 1 aliphatic rings. The molecule has 2 unspecified atom stereocenters. The van der Waals surface area contributed by atoms with Crippen LogP contribution in [0.25, 0.3) is 0 Å². The molecule has 6 nitrogen and oxygen atoms in total. The summed E-state index contributed by atoms with van der Waals surface area (Å²) >= 11 is 0. The molecule has 0 radical (unpaired) electrons. The summed E-state index contributed by atoms with van der Waals surface area (Å²) in [7, 11) is 0. The SMILES string of the molecule is Cc1cc(C(=O)N2CCCCCC2CC(O)c2ccco2)ncn1. The third kappa shape index (κ3) is 3.82. The van der Waals surface area contributed by atoms with Crippen molar-refractivity contribution >= 4 is 5.91 Å². The topological polar surface area (TPSA) is 79.5 Å². The van der Waals surface area contributed by atoms with Gasteiger partial charge in [0.1, 0.15) is 23.9 Å². The molecular weight excluding hydrogens is 306 g/mol. The zero-order valence-electron chi connectivity index (χ0n) is 13.9. The monoisotopic (exact) mass is 329 g/mol. The van der Waals surface area contributed by atoms with E-state index in [0.717, 1.165) is 31.4 Å². The van der Waals surface area contributed by atoms with Crippen molar-refractivity contribution in [3.8, 4) is 0 Å². The van der Waals surface area contributed by atoms with Gasteiger partial charge in [0.15, 0.2) is 0 Å². The van der Waals surface area contributed by atoms with E-state index in [1.165, 1.54) is 6.33 Å². The lowest BCUT2D eigenvalue weighted by molar-refractivity contribution is 0.0552. The molecule has 3 heterocycles. The summed E-state index contributed by atoms with van der Waals surface area (Å²) in [6.07, 6.45) is 6.76. The molecule has 1 amide bonds. The average Bonchev–Trinajstić information content (AvgIpc) is 3.02. The molecule has 1 aliphatic heterocycles. The van der Waals surface area contributed by atoms with Crippen molar-refractivity contribution in [2.75, 3.05) is 6.54 Å². The first-order valence-corrected chi connectivity index (χ1v) is 8.46. The van der Waals surface area contributed by atoms with E-state index in [9.17, 15) is 9.90 Å². The van der Waals surface area contributed by atoms with E-state index in [1.54, 1.807) is 24.5 Å². The second kappa shape index (κ2) is 7.57. The van der Waals surface area contributed by atoms with E-state index in [0.29, 0.717) is 24.4 Å². The minimum atomic E-state index is -0.703. The van der Waals surface area contributed by atoms with Gasteiger partial charge >= 0.3 is 0 Å². The molecule has 6 heteroatoms. The maximum atomic E-state index is 12.9. The van der Waals surface area contributed by atoms with Crippen LogP contribution in [0.15, 0.2) is 35.2 Å². The first kappa shape index (κ1) is 16.6. The Balaban J connectivity index is 1.78. The van der Waals surface area contributed by atoms with Gasteiger partial charge in [-0.1, -0.05) is 12.8 Å². The summed E-state index contributed by atoms with van der Waals surface area (Å²) in [5, 5.41) is 10.4. The third-order valence-corrected chi connectivity index (χ3v) is 4.53. The summed E-state index contributed by atoms with van der Waals surface area (Å²) in [6.45, 7) is 2.54. The molecule has 128 valence electrons. The summed E-state index contributed by atoms with van der Waals surface area (Å²) in [5.74, 6) is 0.462. The molecule has 3 rings (SSSR count). The third-order valence-electron chi connectivity index (χ3n) is 4.53. The number of aliphatic hydroxyl groups is 1. The second-order valence-electron chi connectivity index (χ2n) is 6.31. The van der Waals surface area contributed by atoms with Crippen LogP contribution >= 0.6 is 0 Å². The van der Waals surface area contributed by atoms with Gasteiger partial charge in [-0.3, -0.25) is 4.79 Å². The molecule has 2 atom stereocenters. The van der Waals surface area contributed by atoms with Gasteiger partial charge in [0.05, 0.1) is 6.26 Å². The first-order chi connectivity index (χ1) is 11.6. The Kier molecular flexibility index (Phi) is 5.25. The zero-order valence-corrected chi connectivity index (χ0v) is 13.9. The van der Waals surface area contributed by atoms with Crippen molar-refractivity contribution in [2.24, 2.45) is 0 Å². The number of hydrogen-bond acceptors (Lipinski definition) is 5. The molecule has 2 aromatic heterocycles. The van der Waals surface area contributed by atoms with Crippen LogP contribution in [0.5, 0.6) is 0 Å². The van der Waals surface area contributed by atoms with Gasteiger partial charge in [-0.05, 0) is 38.0 Å². The number of likely N-dealkylation sites (tertiary alicyclic amines) is 1. The standard InChI is InChI=1S/C18H23N3O3/c1-13-10-15(20-12-19-13)18(23)21-8-4-2-3-6-14(21)11-16(22)17-7-5-9-24-17/h5,7,9-10,12,14,16,22H,2-4,6,8,11H2,1H3. The predicted molar refractivity (Wildman–Crippen MR) is 88.3 cm³/mol. The highest BCUT2D eigenvalue weighted by Gasteiger charge is 2.29. The lowest BCUT2D eigenvalue weighted by Crippen LogP contribution is -2.41. The van der Waals surface area contributed by atoms with E-state index < -0.39 is 6.10 Å². The van der Waals surface area contributed by atoms with Crippen LogP contribution in [-0.4, -0.2) is 38.5 Å². The molecule has 1 N–H and O–H groups in total. The van der Waals surface area contributed by atoms with Crippen LogP contribution in [0.1, 0.15) is 60.2 Å². The quantitative estimate of drug-likeness (QED) is 0.933. The Hall–Kier alpha value is -2.21. The number of carbonyl (C=O) groups is 1. The fraction of sp³-hybridized carbons (Fsp3) is 0.500. The highest BCUT2D eigenvalue weighted by Crippen LogP contribution is 2.27. The van der Waals surface area contributed by atoms with E-state index in [4.69, 9.17) is 4.42 Å². The molecule has 0 aromatic carbocycles. The molecule has 0 aliphatic carbocycles. The molecular formula is C18H23N3O3. The Morgan fingerprint density at radius 1 is 1.42 bits per heavy atom. The van der Waals surface area contributed by atoms with Crippen LogP contribution in [0.4, 0.5) is 0 Å². The van der Waals surface area contributed by atoms with Crippen molar-refractivity contribution in [3.05, 3.63) is 47.9 Å². The van der Waals surface area contributed by atoms with E-state index in [-0.39, 0.29) is 11.9 Å². The fourth-order valence-corrected chi connectivity index (χ4v) is 3.26. The van der Waals surface area contributed by atoms with Crippen molar-refractivity contribution in [3.63, 3.8) is 0 Å². The van der Waals surface area contributed by atoms with Gasteiger partial charge in [-0.15, -0.1) is 0 Å². The van der Waals surface area contributed by atoms with Crippen molar-refractivity contribution < 1.29 is 14.3 Å². The molecule has 1 fully saturated rings. The number of nitrogens with zero attached hydrogens (tertiary/aromatic N) is 3. The predicted octanol–water partition coefficient (Wildman–Crippen LogP) is 2.89. The van der Waals surface area contributed by atoms with Crippen molar-refractivity contribution in [1.29, 1.82) is 0 Å². The summed E-state index contributed by atoms with van der Waals surface area (Å²) < 4.78 is 5.29. The van der Waals surface area contributed by atoms with Crippen LogP contribution in [0, 0.1) is 6.92 Å². The molecule has 0 saturated carbocycles. The van der Waals surface area contributed by atoms with Gasteiger partial charge in [0.25, 0.3) is 5.91 Å². The lowest BCUT2D eigenvalue weighted by atomic mass is 10.0. The largest absolute Gasteiger partial charge is 0.467 e. The van der Waals surface area contributed by atoms with Crippen molar-refractivity contribution in [2.45, 2.75) is 51.2 Å². The summed E-state index contributed by atoms with van der Waals surface area (Å²) in [6, 6.07) is 5.22. The maximum absolute atomic E-state index is 12.9. The van der Waals surface area contributed by atoms with Gasteiger partial charge < -0.3 is 14.4 Å². The van der Waals surface area contributed by atoms with Crippen LogP contribution < -0.4 is 0 Å². The molecule has 24 heavy (non-hydrogen) atoms. The highest BCUT2D eigenvalue weighted by atomic mass is 16.4. The smallest absolute Gasteiger partial charge is 0.272 e. The number of hydrogen-bond donors (Lipinski definition) is 1. The van der Waals surface area contributed by atoms with Crippen LogP contribution in [0.2, 0.25) is 0 Å². The zero-order chi connectivity index (χ0) is 16.9. The van der Waals surface area contributed by atoms with Crippen LogP contribution in [-0.2, 0) is 0 Å². The molecule has 1 saturated heterocycles. The van der Waals surface area contributed by atoms with E-state index in [2.05, 4.69) is 9.97 Å². The number of aromatic nitrogens is 2. The molecule has 0 bridgehead atoms. The Morgan fingerprint density at radius 3 is 3.04 bits per heavy atom. The Bertz CT molecular complexity index is 672. The second-order valence-corrected chi connectivity index (χ2v) is 6.31. The van der Waals surface area contributed by atoms with E-state index >= 15 is 0 Å². The van der Waals surface area contributed by atoms with Gasteiger partial charge in [0, 0.05) is 24.7 Å². The number of aliphatic hydroxyl groups excluding tert-OH is 1. The number of rotatable bonds is 4. The molecule has 2 aromatic rings. The number of amides is 1. The van der Waals surface area contributed by atoms with Gasteiger partial charge in [0.2, 0.25) is 0 Å². The Labute approximate surface area is 141 Å². The van der Waals surface area contributed by atoms with Gasteiger partial charge in [-0.2, -0.15) is 0 Å². The van der Waals surface area contributed by atoms with Crippen LogP contribution in [0.3, 0.4) is 0 Å². The number of carbonyl (C=O) groups excluding carboxylic acids is 1. The first-order valence-electron chi connectivity index (χ1n) is 8.46. The average molecular weight is 329 g/mol. The lowest BCUT2D eigenvalue weighted by Gasteiger charge is -2.31. The van der Waals surface area contributed by atoms with Gasteiger partial charge in [-0.25, -0.2) is 9.97 Å². The minimum absolute atomic E-state index is 0.0182. The highest BCUT2D eigenvalue weighted by molar-refractivity contribution is 5.92.